The molecule has 0 fully saturated rings. The lowest BCUT2D eigenvalue weighted by Crippen LogP contribution is -2.26. The van der Waals surface area contributed by atoms with E-state index in [4.69, 9.17) is 4.74 Å². The second kappa shape index (κ2) is 6.04. The Morgan fingerprint density at radius 3 is 2.96 bits per heavy atom. The number of nitrogens with one attached hydrogen (secondary N) is 1. The number of H-pyrrole nitrogens is 1. The number of ether oxygens (including phenoxy) is 1. The van der Waals surface area contributed by atoms with Gasteiger partial charge in [-0.1, -0.05) is 12.1 Å². The van der Waals surface area contributed by atoms with E-state index < -0.39 is 17.3 Å². The number of carbonyl (C=O) groups excluding carboxylic acids is 1. The van der Waals surface area contributed by atoms with Crippen LogP contribution < -0.4 is 5.56 Å². The number of benzene rings is 1. The van der Waals surface area contributed by atoms with Crippen molar-refractivity contribution in [3.63, 3.8) is 0 Å². The van der Waals surface area contributed by atoms with Crippen molar-refractivity contribution in [1.82, 2.24) is 14.6 Å². The first-order valence-corrected chi connectivity index (χ1v) is 7.10. The van der Waals surface area contributed by atoms with Crippen molar-refractivity contribution in [3.05, 3.63) is 69.5 Å². The van der Waals surface area contributed by atoms with E-state index in [2.05, 4.69) is 10.1 Å². The van der Waals surface area contributed by atoms with E-state index in [-0.39, 0.29) is 24.3 Å². The second-order valence-corrected chi connectivity index (χ2v) is 4.93. The molecule has 118 valence electrons. The topological polar surface area (TPSA) is 76.5 Å². The third kappa shape index (κ3) is 2.85. The van der Waals surface area contributed by atoms with Crippen LogP contribution in [0.25, 0.3) is 5.65 Å². The van der Waals surface area contributed by atoms with Crippen molar-refractivity contribution in [2.24, 2.45) is 0 Å². The number of nitrogens with zero attached hydrogens (tertiary/aromatic N) is 2. The molecular weight excluding hydrogens is 301 g/mol. The van der Waals surface area contributed by atoms with Gasteiger partial charge >= 0.3 is 5.97 Å². The van der Waals surface area contributed by atoms with Crippen molar-refractivity contribution >= 4 is 11.6 Å². The molecular formula is C16H14FN3O3. The van der Waals surface area contributed by atoms with Crippen LogP contribution in [0.3, 0.4) is 0 Å². The maximum absolute atomic E-state index is 13.4. The summed E-state index contributed by atoms with van der Waals surface area (Å²) in [5, 5.41) is 2.74. The molecule has 2 heterocycles. The highest BCUT2D eigenvalue weighted by molar-refractivity contribution is 5.89. The Morgan fingerprint density at radius 1 is 1.39 bits per heavy atom. The summed E-state index contributed by atoms with van der Waals surface area (Å²) in [6, 6.07) is 7.44. The summed E-state index contributed by atoms with van der Waals surface area (Å²) in [7, 11) is 0. The fraction of sp³-hybridized carbons (Fsp3) is 0.188. The van der Waals surface area contributed by atoms with Gasteiger partial charge in [0.1, 0.15) is 5.82 Å². The van der Waals surface area contributed by atoms with Crippen LogP contribution in [0.1, 0.15) is 28.5 Å². The molecule has 0 radical (unpaired) electrons. The average Bonchev–Trinajstić information content (AvgIpc) is 2.99. The van der Waals surface area contributed by atoms with Crippen LogP contribution in [0.4, 0.5) is 4.39 Å². The first-order valence-electron chi connectivity index (χ1n) is 7.10. The Morgan fingerprint density at radius 2 is 2.22 bits per heavy atom. The number of hydrogen-bond donors (Lipinski definition) is 1. The number of aromatic nitrogens is 3. The summed E-state index contributed by atoms with van der Waals surface area (Å²) in [5.41, 5.74) is 0.601. The lowest BCUT2D eigenvalue weighted by atomic mass is 10.0. The number of hydrogen-bond acceptors (Lipinski definition) is 4. The van der Waals surface area contributed by atoms with Gasteiger partial charge in [0, 0.05) is 18.7 Å². The highest BCUT2D eigenvalue weighted by Crippen LogP contribution is 2.13. The first-order chi connectivity index (χ1) is 11.1. The van der Waals surface area contributed by atoms with Gasteiger partial charge in [-0.25, -0.2) is 18.7 Å². The molecule has 0 saturated carbocycles. The highest BCUT2D eigenvalue weighted by atomic mass is 19.1. The van der Waals surface area contributed by atoms with Gasteiger partial charge in [0.25, 0.3) is 5.56 Å². The van der Waals surface area contributed by atoms with Crippen LogP contribution in [-0.4, -0.2) is 27.2 Å². The molecule has 0 unspecified atom stereocenters. The summed E-state index contributed by atoms with van der Waals surface area (Å²) in [4.78, 5) is 28.9. The van der Waals surface area contributed by atoms with Gasteiger partial charge in [-0.15, -0.1) is 0 Å². The number of carbonyl (C=O) groups is 1. The van der Waals surface area contributed by atoms with Crippen LogP contribution >= 0.6 is 0 Å². The molecule has 0 atom stereocenters. The van der Waals surface area contributed by atoms with Crippen molar-refractivity contribution in [3.8, 4) is 0 Å². The van der Waals surface area contributed by atoms with Gasteiger partial charge < -0.3 is 4.74 Å². The Bertz CT molecular complexity index is 930. The van der Waals surface area contributed by atoms with E-state index in [0.717, 1.165) is 0 Å². The minimum Gasteiger partial charge on any atom is -0.461 e. The normalized spacial score (nSPS) is 10.9. The van der Waals surface area contributed by atoms with Gasteiger partial charge in [-0.2, -0.15) is 0 Å². The molecule has 23 heavy (non-hydrogen) atoms. The van der Waals surface area contributed by atoms with E-state index in [1.165, 1.54) is 16.6 Å². The lowest BCUT2D eigenvalue weighted by molar-refractivity contribution is 0.0518. The molecule has 0 bridgehead atoms. The van der Waals surface area contributed by atoms with Gasteiger partial charge in [0.15, 0.2) is 11.3 Å². The van der Waals surface area contributed by atoms with Crippen LogP contribution in [0, 0.1) is 5.82 Å². The zero-order chi connectivity index (χ0) is 16.4. The molecule has 3 rings (SSSR count). The van der Waals surface area contributed by atoms with Crippen molar-refractivity contribution in [1.29, 1.82) is 0 Å². The number of esters is 1. The smallest absolute Gasteiger partial charge is 0.357 e. The number of aromatic amines is 1. The van der Waals surface area contributed by atoms with Crippen LogP contribution in [0.15, 0.2) is 41.3 Å². The molecule has 0 aliphatic heterocycles. The predicted molar refractivity (Wildman–Crippen MR) is 81.0 cm³/mol. The molecule has 3 aromatic rings. The summed E-state index contributed by atoms with van der Waals surface area (Å²) >= 11 is 0. The summed E-state index contributed by atoms with van der Waals surface area (Å²) in [6.45, 7) is 1.85. The molecule has 0 aliphatic rings. The second-order valence-electron chi connectivity index (χ2n) is 4.93. The molecule has 0 saturated heterocycles. The minimum absolute atomic E-state index is 0.0410. The Labute approximate surface area is 130 Å². The Kier molecular flexibility index (Phi) is 3.92. The molecule has 2 aromatic heterocycles. The van der Waals surface area contributed by atoms with Crippen molar-refractivity contribution in [2.75, 3.05) is 6.61 Å². The molecule has 7 heteroatoms. The number of halogens is 1. The third-order valence-corrected chi connectivity index (χ3v) is 3.38. The molecule has 0 spiro atoms. The highest BCUT2D eigenvalue weighted by Gasteiger charge is 2.21. The lowest BCUT2D eigenvalue weighted by Gasteiger charge is -2.08. The summed E-state index contributed by atoms with van der Waals surface area (Å²) < 4.78 is 19.6. The first kappa shape index (κ1) is 15.0. The standard InChI is InChI=1S/C16H14FN3O3/c1-2-23-16(22)14-12(9-10-4-3-5-11(17)8-10)15(21)20-13(19-14)6-7-18-20/h3-8,18H,2,9H2,1H3. The van der Waals surface area contributed by atoms with E-state index in [1.54, 1.807) is 31.3 Å². The maximum atomic E-state index is 13.4. The van der Waals surface area contributed by atoms with Gasteiger partial charge in [-0.3, -0.25) is 9.89 Å². The summed E-state index contributed by atoms with van der Waals surface area (Å²) in [5.74, 6) is -1.08. The monoisotopic (exact) mass is 315 g/mol. The third-order valence-electron chi connectivity index (χ3n) is 3.38. The SMILES string of the molecule is CCOC(=O)c1nc2cc[nH]n2c(=O)c1Cc1cccc(F)c1. The van der Waals surface area contributed by atoms with Crippen LogP contribution in [-0.2, 0) is 11.2 Å². The van der Waals surface area contributed by atoms with Crippen LogP contribution in [0.5, 0.6) is 0 Å². The molecule has 1 aromatic carbocycles. The maximum Gasteiger partial charge on any atom is 0.357 e. The zero-order valence-electron chi connectivity index (χ0n) is 12.4. The Balaban J connectivity index is 2.16. The van der Waals surface area contributed by atoms with E-state index >= 15 is 0 Å². The van der Waals surface area contributed by atoms with E-state index in [0.29, 0.717) is 11.2 Å². The quantitative estimate of drug-likeness (QED) is 0.746. The van der Waals surface area contributed by atoms with E-state index in [1.807, 2.05) is 0 Å². The number of fused-ring (bicyclic) bond motifs is 1. The molecule has 6 nitrogen and oxygen atoms in total. The van der Waals surface area contributed by atoms with E-state index in [9.17, 15) is 14.0 Å². The molecule has 1 N–H and O–H groups in total. The van der Waals surface area contributed by atoms with Crippen molar-refractivity contribution in [2.45, 2.75) is 13.3 Å². The Hall–Kier alpha value is -2.96. The van der Waals surface area contributed by atoms with Gasteiger partial charge in [0.2, 0.25) is 0 Å². The fourth-order valence-electron chi connectivity index (χ4n) is 2.37. The van der Waals surface area contributed by atoms with Gasteiger partial charge in [-0.05, 0) is 24.6 Å². The number of rotatable bonds is 4. The fourth-order valence-corrected chi connectivity index (χ4v) is 2.37. The largest absolute Gasteiger partial charge is 0.461 e. The molecule has 0 amide bonds. The summed E-state index contributed by atoms with van der Waals surface area (Å²) in [6.07, 6.45) is 1.63. The van der Waals surface area contributed by atoms with Gasteiger partial charge in [0.05, 0.1) is 12.2 Å². The van der Waals surface area contributed by atoms with Crippen molar-refractivity contribution < 1.29 is 13.9 Å². The van der Waals surface area contributed by atoms with Crippen LogP contribution in [0.2, 0.25) is 0 Å². The zero-order valence-corrected chi connectivity index (χ0v) is 12.4. The molecule has 0 aliphatic carbocycles. The average molecular weight is 315 g/mol. The minimum atomic E-state index is -0.667. The predicted octanol–water partition coefficient (Wildman–Crippen LogP) is 1.93.